The second-order valence-electron chi connectivity index (χ2n) is 4.44. The van der Waals surface area contributed by atoms with Gasteiger partial charge in [0.1, 0.15) is 17.2 Å². The highest BCUT2D eigenvalue weighted by molar-refractivity contribution is 9.10. The van der Waals surface area contributed by atoms with Gasteiger partial charge in [0.2, 0.25) is 5.91 Å². The number of anilines is 1. The molecular weight excluding hydrogens is 391 g/mol. The van der Waals surface area contributed by atoms with Crippen LogP contribution in [0.25, 0.3) is 0 Å². The lowest BCUT2D eigenvalue weighted by atomic mass is 10.1. The highest BCUT2D eigenvalue weighted by atomic mass is 79.9. The van der Waals surface area contributed by atoms with E-state index in [1.54, 1.807) is 0 Å². The molecule has 0 radical (unpaired) electrons. The number of hydrogen-bond acceptors (Lipinski definition) is 4. The fourth-order valence-electron chi connectivity index (χ4n) is 1.85. The van der Waals surface area contributed by atoms with Crippen LogP contribution in [-0.2, 0) is 16.0 Å². The lowest BCUT2D eigenvalue weighted by molar-refractivity contribution is -0.115. The van der Waals surface area contributed by atoms with E-state index in [0.717, 1.165) is 0 Å². The molecule has 2 rings (SSSR count). The molecule has 2 aromatic rings. The number of methoxy groups -OCH3 is 1. The Morgan fingerprint density at radius 1 is 1.39 bits per heavy atom. The van der Waals surface area contributed by atoms with E-state index in [1.165, 1.54) is 37.6 Å². The quantitative estimate of drug-likeness (QED) is 0.628. The number of carbonyl (C=O) groups excluding carboxylic acids is 2. The van der Waals surface area contributed by atoms with Crippen molar-refractivity contribution in [3.63, 3.8) is 0 Å². The minimum Gasteiger partial charge on any atom is -0.465 e. The SMILES string of the molecule is COC(=O)c1cccnc1NC(=O)Cc1c(F)ccc(Br)c1Cl. The van der Waals surface area contributed by atoms with Crippen molar-refractivity contribution in [2.45, 2.75) is 6.42 Å². The third-order valence-electron chi connectivity index (χ3n) is 2.95. The molecule has 0 unspecified atom stereocenters. The van der Waals surface area contributed by atoms with Crippen LogP contribution in [0.2, 0.25) is 5.02 Å². The van der Waals surface area contributed by atoms with Gasteiger partial charge < -0.3 is 10.1 Å². The highest BCUT2D eigenvalue weighted by Gasteiger charge is 2.18. The van der Waals surface area contributed by atoms with Gasteiger partial charge in [-0.3, -0.25) is 4.79 Å². The van der Waals surface area contributed by atoms with Gasteiger partial charge in [0.25, 0.3) is 0 Å². The Morgan fingerprint density at radius 2 is 2.13 bits per heavy atom. The van der Waals surface area contributed by atoms with Crippen LogP contribution in [0.1, 0.15) is 15.9 Å². The Bertz CT molecular complexity index is 770. The molecule has 5 nitrogen and oxygen atoms in total. The molecule has 1 aromatic heterocycles. The molecule has 120 valence electrons. The van der Waals surface area contributed by atoms with Gasteiger partial charge in [0.15, 0.2) is 0 Å². The monoisotopic (exact) mass is 400 g/mol. The van der Waals surface area contributed by atoms with Crippen molar-refractivity contribution in [3.05, 3.63) is 56.9 Å². The summed E-state index contributed by atoms with van der Waals surface area (Å²) in [5.41, 5.74) is 0.151. The summed E-state index contributed by atoms with van der Waals surface area (Å²) < 4.78 is 18.9. The first-order chi connectivity index (χ1) is 10.9. The highest BCUT2D eigenvalue weighted by Crippen LogP contribution is 2.29. The minimum absolute atomic E-state index is 0.0378. The summed E-state index contributed by atoms with van der Waals surface area (Å²) in [6.07, 6.45) is 1.11. The van der Waals surface area contributed by atoms with Crippen molar-refractivity contribution < 1.29 is 18.7 Å². The topological polar surface area (TPSA) is 68.3 Å². The van der Waals surface area contributed by atoms with E-state index >= 15 is 0 Å². The van der Waals surface area contributed by atoms with Crippen LogP contribution in [0.5, 0.6) is 0 Å². The molecule has 0 saturated heterocycles. The number of rotatable bonds is 4. The minimum atomic E-state index is -0.639. The summed E-state index contributed by atoms with van der Waals surface area (Å²) in [6.45, 7) is 0. The fourth-order valence-corrected chi connectivity index (χ4v) is 2.44. The smallest absolute Gasteiger partial charge is 0.341 e. The van der Waals surface area contributed by atoms with Gasteiger partial charge >= 0.3 is 5.97 Å². The number of esters is 1. The molecular formula is C15H11BrClFN2O3. The van der Waals surface area contributed by atoms with Crippen molar-refractivity contribution in [1.29, 1.82) is 0 Å². The standard InChI is InChI=1S/C15H11BrClFN2O3/c1-23-15(22)8-3-2-6-19-14(8)20-12(21)7-9-11(18)5-4-10(16)13(9)17/h2-6H,7H2,1H3,(H,19,20,21). The van der Waals surface area contributed by atoms with E-state index in [2.05, 4.69) is 31.0 Å². The number of pyridine rings is 1. The maximum absolute atomic E-state index is 13.8. The first-order valence-electron chi connectivity index (χ1n) is 6.39. The van der Waals surface area contributed by atoms with Crippen LogP contribution in [0, 0.1) is 5.82 Å². The summed E-state index contributed by atoms with van der Waals surface area (Å²) >= 11 is 9.17. The number of benzene rings is 1. The Morgan fingerprint density at radius 3 is 2.83 bits per heavy atom. The summed E-state index contributed by atoms with van der Waals surface area (Å²) in [5, 5.41) is 2.58. The number of ether oxygens (including phenoxy) is 1. The Balaban J connectivity index is 2.22. The van der Waals surface area contributed by atoms with Gasteiger partial charge in [-0.2, -0.15) is 0 Å². The van der Waals surface area contributed by atoms with Crippen molar-refractivity contribution >= 4 is 45.2 Å². The van der Waals surface area contributed by atoms with Crippen molar-refractivity contribution in [1.82, 2.24) is 4.98 Å². The summed E-state index contributed by atoms with van der Waals surface area (Å²) in [6, 6.07) is 5.65. The van der Waals surface area contributed by atoms with Crippen LogP contribution >= 0.6 is 27.5 Å². The van der Waals surface area contributed by atoms with Gasteiger partial charge in [-0.15, -0.1) is 0 Å². The van der Waals surface area contributed by atoms with Gasteiger partial charge in [-0.1, -0.05) is 11.6 Å². The number of halogens is 3. The molecule has 0 aliphatic carbocycles. The molecule has 1 aromatic carbocycles. The number of hydrogen-bond donors (Lipinski definition) is 1. The molecule has 0 fully saturated rings. The van der Waals surface area contributed by atoms with E-state index in [0.29, 0.717) is 4.47 Å². The molecule has 1 amide bonds. The molecule has 0 bridgehead atoms. The van der Waals surface area contributed by atoms with Crippen LogP contribution in [0.4, 0.5) is 10.2 Å². The van der Waals surface area contributed by atoms with Crippen molar-refractivity contribution in [2.24, 2.45) is 0 Å². The van der Waals surface area contributed by atoms with E-state index in [1.807, 2.05) is 0 Å². The molecule has 1 N–H and O–H groups in total. The number of nitrogens with one attached hydrogen (secondary N) is 1. The fraction of sp³-hybridized carbons (Fsp3) is 0.133. The Kier molecular flexibility index (Phi) is 5.68. The van der Waals surface area contributed by atoms with Crippen LogP contribution < -0.4 is 5.32 Å². The zero-order valence-corrected chi connectivity index (χ0v) is 14.2. The molecule has 0 aliphatic rings. The van der Waals surface area contributed by atoms with Crippen LogP contribution in [0.3, 0.4) is 0 Å². The Labute approximate surface area is 144 Å². The zero-order valence-electron chi connectivity index (χ0n) is 11.9. The second kappa shape index (κ2) is 7.52. The van der Waals surface area contributed by atoms with Crippen molar-refractivity contribution in [3.8, 4) is 0 Å². The predicted molar refractivity (Wildman–Crippen MR) is 87.0 cm³/mol. The third-order valence-corrected chi connectivity index (χ3v) is 4.27. The second-order valence-corrected chi connectivity index (χ2v) is 5.67. The van der Waals surface area contributed by atoms with Gasteiger partial charge in [0, 0.05) is 16.2 Å². The number of amides is 1. The van der Waals surface area contributed by atoms with Crippen molar-refractivity contribution in [2.75, 3.05) is 12.4 Å². The average Bonchev–Trinajstić information content (AvgIpc) is 2.55. The Hall–Kier alpha value is -1.99. The zero-order chi connectivity index (χ0) is 17.0. The average molecular weight is 402 g/mol. The van der Waals surface area contributed by atoms with E-state index in [-0.39, 0.29) is 28.4 Å². The normalized spacial score (nSPS) is 10.3. The van der Waals surface area contributed by atoms with E-state index in [9.17, 15) is 14.0 Å². The molecule has 0 atom stereocenters. The van der Waals surface area contributed by atoms with Gasteiger partial charge in [-0.05, 0) is 40.2 Å². The van der Waals surface area contributed by atoms with Crippen LogP contribution in [-0.4, -0.2) is 24.0 Å². The molecule has 0 spiro atoms. The van der Waals surface area contributed by atoms with E-state index < -0.39 is 17.7 Å². The maximum atomic E-state index is 13.8. The summed E-state index contributed by atoms with van der Waals surface area (Å²) in [4.78, 5) is 27.7. The number of carbonyl (C=O) groups is 2. The maximum Gasteiger partial charge on any atom is 0.341 e. The molecule has 0 saturated carbocycles. The van der Waals surface area contributed by atoms with Gasteiger partial charge in [0.05, 0.1) is 18.6 Å². The molecule has 23 heavy (non-hydrogen) atoms. The largest absolute Gasteiger partial charge is 0.465 e. The number of aromatic nitrogens is 1. The molecule has 1 heterocycles. The third kappa shape index (κ3) is 4.05. The first-order valence-corrected chi connectivity index (χ1v) is 7.56. The molecule has 8 heteroatoms. The molecule has 0 aliphatic heterocycles. The lowest BCUT2D eigenvalue weighted by Crippen LogP contribution is -2.19. The summed E-state index contributed by atoms with van der Waals surface area (Å²) in [7, 11) is 1.22. The predicted octanol–water partition coefficient (Wildman–Crippen LogP) is 3.60. The van der Waals surface area contributed by atoms with E-state index in [4.69, 9.17) is 11.6 Å². The van der Waals surface area contributed by atoms with Crippen LogP contribution in [0.15, 0.2) is 34.9 Å². The van der Waals surface area contributed by atoms with Gasteiger partial charge in [-0.25, -0.2) is 14.2 Å². The number of nitrogens with zero attached hydrogens (tertiary/aromatic N) is 1. The first kappa shape index (κ1) is 17.4. The summed E-state index contributed by atoms with van der Waals surface area (Å²) in [5.74, 6) is -1.76. The lowest BCUT2D eigenvalue weighted by Gasteiger charge is -2.10.